The maximum Gasteiger partial charge on any atom is 0.265 e. The van der Waals surface area contributed by atoms with Gasteiger partial charge in [0.05, 0.1) is 4.90 Å². The van der Waals surface area contributed by atoms with Gasteiger partial charge < -0.3 is 5.73 Å². The Labute approximate surface area is 163 Å². The molecule has 2 amide bonds. The molecule has 28 heavy (non-hydrogen) atoms. The van der Waals surface area contributed by atoms with Gasteiger partial charge in [-0.1, -0.05) is 30.3 Å². The molecule has 0 radical (unpaired) electrons. The van der Waals surface area contributed by atoms with Crippen LogP contribution in [-0.4, -0.2) is 37.6 Å². The first kappa shape index (κ1) is 20.0. The van der Waals surface area contributed by atoms with Gasteiger partial charge in [0.2, 0.25) is 15.9 Å². The van der Waals surface area contributed by atoms with E-state index in [2.05, 4.69) is 10.9 Å². The molecule has 148 valence electrons. The predicted octanol–water partition coefficient (Wildman–Crippen LogP) is 0.932. The quantitative estimate of drug-likeness (QED) is 0.595. The number of hydrazine groups is 1. The van der Waals surface area contributed by atoms with Crippen molar-refractivity contribution in [2.24, 2.45) is 5.73 Å². The summed E-state index contributed by atoms with van der Waals surface area (Å²) in [5.74, 6) is -1.15. The van der Waals surface area contributed by atoms with Crippen molar-refractivity contribution in [2.75, 3.05) is 13.1 Å². The fraction of sp³-hybridized carbons (Fsp3) is 0.263. The summed E-state index contributed by atoms with van der Waals surface area (Å²) in [6.45, 7) is 1.03. The summed E-state index contributed by atoms with van der Waals surface area (Å²) in [6.07, 6.45) is 1.71. The minimum absolute atomic E-state index is 0.151. The van der Waals surface area contributed by atoms with Crippen LogP contribution in [0.4, 0.5) is 0 Å². The monoisotopic (exact) mass is 402 g/mol. The first-order valence-electron chi connectivity index (χ1n) is 8.90. The molecule has 1 aliphatic heterocycles. The molecule has 1 heterocycles. The van der Waals surface area contributed by atoms with Crippen LogP contribution in [0.3, 0.4) is 0 Å². The zero-order chi connectivity index (χ0) is 20.1. The molecule has 1 fully saturated rings. The van der Waals surface area contributed by atoms with E-state index in [1.165, 1.54) is 28.6 Å². The number of benzene rings is 2. The van der Waals surface area contributed by atoms with E-state index >= 15 is 0 Å². The number of carbonyl (C=O) groups is 2. The largest absolute Gasteiger partial charge is 0.368 e. The third kappa shape index (κ3) is 4.38. The lowest BCUT2D eigenvalue weighted by Crippen LogP contribution is -2.45. The van der Waals surface area contributed by atoms with Gasteiger partial charge >= 0.3 is 0 Å². The molecule has 1 atom stereocenters. The molecule has 0 bridgehead atoms. The minimum atomic E-state index is -3.53. The third-order valence-electron chi connectivity index (χ3n) is 4.57. The van der Waals surface area contributed by atoms with Crippen LogP contribution in [0.5, 0.6) is 0 Å². The molecule has 0 aromatic heterocycles. The van der Waals surface area contributed by atoms with Gasteiger partial charge in [-0.15, -0.1) is 0 Å². The maximum atomic E-state index is 12.5. The number of primary amides is 1. The summed E-state index contributed by atoms with van der Waals surface area (Å²) < 4.78 is 26.5. The van der Waals surface area contributed by atoms with Crippen LogP contribution >= 0.6 is 0 Å². The zero-order valence-electron chi connectivity index (χ0n) is 15.2. The van der Waals surface area contributed by atoms with Gasteiger partial charge in [0, 0.05) is 18.7 Å². The highest BCUT2D eigenvalue weighted by molar-refractivity contribution is 7.89. The Balaban J connectivity index is 1.67. The number of nitrogens with zero attached hydrogens (tertiary/aromatic N) is 1. The molecular formula is C19H22N4O4S. The van der Waals surface area contributed by atoms with Crippen LogP contribution in [0.25, 0.3) is 0 Å². The summed E-state index contributed by atoms with van der Waals surface area (Å²) >= 11 is 0. The number of hydrogen-bond acceptors (Lipinski definition) is 5. The van der Waals surface area contributed by atoms with E-state index in [4.69, 9.17) is 5.73 Å². The Morgan fingerprint density at radius 2 is 1.57 bits per heavy atom. The zero-order valence-corrected chi connectivity index (χ0v) is 16.0. The number of sulfonamides is 1. The first-order chi connectivity index (χ1) is 13.4. The maximum absolute atomic E-state index is 12.5. The summed E-state index contributed by atoms with van der Waals surface area (Å²) in [4.78, 5) is 24.2. The van der Waals surface area contributed by atoms with Gasteiger partial charge in [0.25, 0.3) is 5.91 Å². The van der Waals surface area contributed by atoms with Gasteiger partial charge in [0.15, 0.2) is 0 Å². The van der Waals surface area contributed by atoms with Crippen LogP contribution in [0, 0.1) is 0 Å². The standard InChI is InChI=1S/C19H22N4O4S/c20-18(24)17(14-6-2-1-3-7-14)21-22-19(25)15-8-10-16(11-9-15)28(26,27)23-12-4-5-13-23/h1-3,6-11,17,21H,4-5,12-13H2,(H2,20,24)(H,22,25). The third-order valence-corrected chi connectivity index (χ3v) is 6.48. The van der Waals surface area contributed by atoms with E-state index in [0.29, 0.717) is 18.7 Å². The number of hydrogen-bond donors (Lipinski definition) is 3. The van der Waals surface area contributed by atoms with Gasteiger partial charge in [-0.25, -0.2) is 13.8 Å². The molecule has 0 spiro atoms. The Bertz CT molecular complexity index is 940. The normalized spacial score (nSPS) is 15.9. The van der Waals surface area contributed by atoms with E-state index in [1.54, 1.807) is 30.3 Å². The van der Waals surface area contributed by atoms with E-state index in [-0.39, 0.29) is 10.5 Å². The molecular weight excluding hydrogens is 380 g/mol. The molecule has 0 saturated carbocycles. The van der Waals surface area contributed by atoms with Crippen molar-refractivity contribution < 1.29 is 18.0 Å². The summed E-state index contributed by atoms with van der Waals surface area (Å²) in [5, 5.41) is 0. The van der Waals surface area contributed by atoms with Crippen molar-refractivity contribution in [3.63, 3.8) is 0 Å². The molecule has 1 aliphatic rings. The number of nitrogens with two attached hydrogens (primary N) is 1. The predicted molar refractivity (Wildman–Crippen MR) is 103 cm³/mol. The first-order valence-corrected chi connectivity index (χ1v) is 10.3. The molecule has 9 heteroatoms. The van der Waals surface area contributed by atoms with Crippen molar-refractivity contribution in [1.82, 2.24) is 15.2 Å². The Kier molecular flexibility index (Phi) is 6.08. The van der Waals surface area contributed by atoms with Crippen molar-refractivity contribution >= 4 is 21.8 Å². The summed E-state index contributed by atoms with van der Waals surface area (Å²) in [5.41, 5.74) is 11.3. The lowest BCUT2D eigenvalue weighted by atomic mass is 10.1. The topological polar surface area (TPSA) is 122 Å². The molecule has 2 aromatic carbocycles. The molecule has 0 aliphatic carbocycles. The minimum Gasteiger partial charge on any atom is -0.368 e. The van der Waals surface area contributed by atoms with Crippen molar-refractivity contribution in [2.45, 2.75) is 23.8 Å². The Morgan fingerprint density at radius 1 is 0.964 bits per heavy atom. The second-order valence-corrected chi connectivity index (χ2v) is 8.42. The lowest BCUT2D eigenvalue weighted by molar-refractivity contribution is -0.120. The second kappa shape index (κ2) is 8.51. The smallest absolute Gasteiger partial charge is 0.265 e. The highest BCUT2D eigenvalue weighted by atomic mass is 32.2. The van der Waals surface area contributed by atoms with E-state index in [0.717, 1.165) is 12.8 Å². The van der Waals surface area contributed by atoms with Crippen LogP contribution < -0.4 is 16.6 Å². The average molecular weight is 402 g/mol. The fourth-order valence-electron chi connectivity index (χ4n) is 3.03. The number of amides is 2. The van der Waals surface area contributed by atoms with Crippen molar-refractivity contribution in [3.05, 3.63) is 65.7 Å². The van der Waals surface area contributed by atoms with Crippen molar-refractivity contribution in [3.8, 4) is 0 Å². The number of rotatable bonds is 7. The van der Waals surface area contributed by atoms with Gasteiger partial charge in [-0.05, 0) is 42.7 Å². The molecule has 1 unspecified atom stereocenters. The van der Waals surface area contributed by atoms with Crippen LogP contribution in [0.1, 0.15) is 34.8 Å². The second-order valence-electron chi connectivity index (χ2n) is 6.48. The van der Waals surface area contributed by atoms with Crippen LogP contribution in [0.2, 0.25) is 0 Å². The average Bonchev–Trinajstić information content (AvgIpc) is 3.24. The van der Waals surface area contributed by atoms with Gasteiger partial charge in [-0.3, -0.25) is 15.0 Å². The molecule has 1 saturated heterocycles. The summed E-state index contributed by atoms with van der Waals surface area (Å²) in [7, 11) is -3.53. The lowest BCUT2D eigenvalue weighted by Gasteiger charge is -2.17. The van der Waals surface area contributed by atoms with Gasteiger partial charge in [-0.2, -0.15) is 4.31 Å². The highest BCUT2D eigenvalue weighted by Crippen LogP contribution is 2.21. The molecule has 2 aromatic rings. The molecule has 8 nitrogen and oxygen atoms in total. The Hall–Kier alpha value is -2.75. The number of carbonyl (C=O) groups excluding carboxylic acids is 2. The van der Waals surface area contributed by atoms with Gasteiger partial charge in [0.1, 0.15) is 6.04 Å². The van der Waals surface area contributed by atoms with Crippen LogP contribution in [0.15, 0.2) is 59.5 Å². The van der Waals surface area contributed by atoms with E-state index < -0.39 is 27.9 Å². The van der Waals surface area contributed by atoms with E-state index in [9.17, 15) is 18.0 Å². The SMILES string of the molecule is NC(=O)C(NNC(=O)c1ccc(S(=O)(=O)N2CCCC2)cc1)c1ccccc1. The number of nitrogens with one attached hydrogen (secondary N) is 2. The fourth-order valence-corrected chi connectivity index (χ4v) is 4.55. The highest BCUT2D eigenvalue weighted by Gasteiger charge is 2.27. The Morgan fingerprint density at radius 3 is 2.14 bits per heavy atom. The molecule has 3 rings (SSSR count). The summed E-state index contributed by atoms with van der Waals surface area (Å²) in [6, 6.07) is 13.5. The van der Waals surface area contributed by atoms with Crippen LogP contribution in [-0.2, 0) is 14.8 Å². The van der Waals surface area contributed by atoms with E-state index in [1.807, 2.05) is 0 Å². The van der Waals surface area contributed by atoms with Crippen molar-refractivity contribution in [1.29, 1.82) is 0 Å². The molecule has 4 N–H and O–H groups in total.